The van der Waals surface area contributed by atoms with Crippen LogP contribution >= 0.6 is 0 Å². The number of esters is 2. The van der Waals surface area contributed by atoms with Gasteiger partial charge in [-0.1, -0.05) is 39.0 Å². The summed E-state index contributed by atoms with van der Waals surface area (Å²) in [4.78, 5) is 24.9. The van der Waals surface area contributed by atoms with Crippen molar-refractivity contribution in [1.29, 1.82) is 0 Å². The van der Waals surface area contributed by atoms with Gasteiger partial charge in [0, 0.05) is 17.9 Å². The van der Waals surface area contributed by atoms with E-state index in [0.717, 1.165) is 37.7 Å². The predicted octanol–water partition coefficient (Wildman–Crippen LogP) is 6.01. The van der Waals surface area contributed by atoms with E-state index in [9.17, 15) is 14.7 Å². The number of methoxy groups -OCH3 is 1. The Morgan fingerprint density at radius 3 is 2.72 bits per heavy atom. The minimum absolute atomic E-state index is 0.0523. The molecule has 1 spiro atoms. The normalized spacial score (nSPS) is 45.8. The van der Waals surface area contributed by atoms with Crippen LogP contribution in [0.1, 0.15) is 91.9 Å². The summed E-state index contributed by atoms with van der Waals surface area (Å²) in [5.74, 6) is 1.50. The van der Waals surface area contributed by atoms with Crippen LogP contribution in [0.15, 0.2) is 23.8 Å². The van der Waals surface area contributed by atoms with Gasteiger partial charge in [0.05, 0.1) is 13.7 Å². The van der Waals surface area contributed by atoms with Crippen LogP contribution in [0.25, 0.3) is 0 Å². The first kappa shape index (κ1) is 26.0. The Kier molecular flexibility index (Phi) is 6.29. The van der Waals surface area contributed by atoms with Gasteiger partial charge in [0.25, 0.3) is 0 Å². The SMILES string of the molecule is C=C1C(=O)O[C@H]2C[C@H]3[C@@]4(CC[C@@]5(C)[C@H]([C@@H](C)CC/C=C(\C)CO)CC[C@]35C)C[C@@]4(CCC(=O)OC)[C@@H]12. The van der Waals surface area contributed by atoms with Gasteiger partial charge < -0.3 is 14.6 Å². The highest BCUT2D eigenvalue weighted by Crippen LogP contribution is 2.88. The van der Waals surface area contributed by atoms with Crippen molar-refractivity contribution < 1.29 is 24.2 Å². The van der Waals surface area contributed by atoms with E-state index in [0.29, 0.717) is 29.7 Å². The van der Waals surface area contributed by atoms with Gasteiger partial charge in [-0.3, -0.25) is 4.79 Å². The molecule has 0 unspecified atom stereocenters. The summed E-state index contributed by atoms with van der Waals surface area (Å²) in [5, 5.41) is 9.35. The van der Waals surface area contributed by atoms with Gasteiger partial charge in [0.2, 0.25) is 0 Å². The van der Waals surface area contributed by atoms with Gasteiger partial charge in [-0.2, -0.15) is 0 Å². The van der Waals surface area contributed by atoms with Gasteiger partial charge in [-0.15, -0.1) is 0 Å². The molecule has 0 radical (unpaired) electrons. The number of carbonyl (C=O) groups is 2. The van der Waals surface area contributed by atoms with Gasteiger partial charge in [-0.25, -0.2) is 4.79 Å². The van der Waals surface area contributed by atoms with E-state index in [4.69, 9.17) is 9.47 Å². The van der Waals surface area contributed by atoms with E-state index in [1.54, 1.807) is 0 Å². The Hall–Kier alpha value is -1.62. The van der Waals surface area contributed by atoms with Crippen molar-refractivity contribution in [3.8, 4) is 0 Å². The average Bonchev–Trinajstić information content (AvgIpc) is 3.31. The largest absolute Gasteiger partial charge is 0.469 e. The third kappa shape index (κ3) is 3.36. The summed E-state index contributed by atoms with van der Waals surface area (Å²) in [6, 6.07) is 0. The second kappa shape index (κ2) is 8.71. The number of hydrogen-bond acceptors (Lipinski definition) is 5. The van der Waals surface area contributed by atoms with Crippen LogP contribution in [0.3, 0.4) is 0 Å². The zero-order valence-electron chi connectivity index (χ0n) is 23.0. The lowest BCUT2D eigenvalue weighted by atomic mass is 9.43. The van der Waals surface area contributed by atoms with Crippen molar-refractivity contribution in [3.05, 3.63) is 23.8 Å². The minimum atomic E-state index is -0.222. The Labute approximate surface area is 217 Å². The van der Waals surface area contributed by atoms with Crippen molar-refractivity contribution in [2.45, 2.75) is 98.0 Å². The fourth-order valence-electron chi connectivity index (χ4n) is 10.5. The lowest BCUT2D eigenvalue weighted by Gasteiger charge is -2.61. The number of ether oxygens (including phenoxy) is 2. The lowest BCUT2D eigenvalue weighted by molar-refractivity contribution is -0.158. The zero-order chi connectivity index (χ0) is 26.1. The summed E-state index contributed by atoms with van der Waals surface area (Å²) >= 11 is 0. The Morgan fingerprint density at radius 2 is 2.03 bits per heavy atom. The molecule has 1 aliphatic heterocycles. The smallest absolute Gasteiger partial charge is 0.334 e. The number of carbonyl (C=O) groups excluding carboxylic acids is 2. The lowest BCUT2D eigenvalue weighted by Crippen LogP contribution is -2.56. The Morgan fingerprint density at radius 1 is 1.28 bits per heavy atom. The molecular formula is C31H46O5. The van der Waals surface area contributed by atoms with Crippen molar-refractivity contribution in [2.24, 2.45) is 45.3 Å². The molecular weight excluding hydrogens is 452 g/mol. The molecule has 9 atom stereocenters. The first-order valence-corrected chi connectivity index (χ1v) is 14.2. The molecule has 5 aliphatic rings. The molecule has 0 aromatic rings. The van der Waals surface area contributed by atoms with Crippen molar-refractivity contribution in [1.82, 2.24) is 0 Å². The van der Waals surface area contributed by atoms with Crippen LogP contribution in [-0.2, 0) is 19.1 Å². The van der Waals surface area contributed by atoms with Gasteiger partial charge in [0.15, 0.2) is 0 Å². The molecule has 0 amide bonds. The van der Waals surface area contributed by atoms with Crippen molar-refractivity contribution in [2.75, 3.05) is 13.7 Å². The zero-order valence-corrected chi connectivity index (χ0v) is 23.0. The molecule has 0 bridgehead atoms. The second-order valence-corrected chi connectivity index (χ2v) is 13.5. The number of hydrogen-bond donors (Lipinski definition) is 1. The molecule has 200 valence electrons. The molecule has 5 fully saturated rings. The molecule has 1 saturated heterocycles. The molecule has 0 aromatic heterocycles. The Bertz CT molecular complexity index is 983. The quantitative estimate of drug-likeness (QED) is 0.252. The molecule has 5 nitrogen and oxygen atoms in total. The maximum atomic E-state index is 12.7. The Balaban J connectivity index is 1.43. The highest BCUT2D eigenvalue weighted by molar-refractivity contribution is 5.91. The predicted molar refractivity (Wildman–Crippen MR) is 139 cm³/mol. The highest BCUT2D eigenvalue weighted by Gasteiger charge is 2.83. The summed E-state index contributed by atoms with van der Waals surface area (Å²) in [5.41, 5.74) is 2.30. The minimum Gasteiger partial charge on any atom is -0.469 e. The molecule has 1 N–H and O–H groups in total. The van der Waals surface area contributed by atoms with Crippen LogP contribution in [0.4, 0.5) is 0 Å². The molecule has 4 aliphatic carbocycles. The summed E-state index contributed by atoms with van der Waals surface area (Å²) in [7, 11) is 1.46. The molecule has 1 heterocycles. The number of allylic oxidation sites excluding steroid dienone is 1. The first-order chi connectivity index (χ1) is 17.0. The van der Waals surface area contributed by atoms with Crippen molar-refractivity contribution in [3.63, 3.8) is 0 Å². The number of fused-ring (bicyclic) bond motifs is 4. The first-order valence-electron chi connectivity index (χ1n) is 14.2. The summed E-state index contributed by atoms with van der Waals surface area (Å²) in [6.45, 7) is 13.9. The van der Waals surface area contributed by atoms with Gasteiger partial charge in [-0.05, 0) is 104 Å². The maximum absolute atomic E-state index is 12.7. The highest BCUT2D eigenvalue weighted by atomic mass is 16.6. The van der Waals surface area contributed by atoms with Crippen molar-refractivity contribution >= 4 is 11.9 Å². The van der Waals surface area contributed by atoms with Crippen LogP contribution < -0.4 is 0 Å². The third-order valence-electron chi connectivity index (χ3n) is 12.5. The summed E-state index contributed by atoms with van der Waals surface area (Å²) < 4.78 is 11.0. The van der Waals surface area contributed by atoms with E-state index in [-0.39, 0.29) is 52.2 Å². The van der Waals surface area contributed by atoms with E-state index in [1.165, 1.54) is 32.8 Å². The van der Waals surface area contributed by atoms with E-state index >= 15 is 0 Å². The van der Waals surface area contributed by atoms with E-state index in [1.807, 2.05) is 6.92 Å². The topological polar surface area (TPSA) is 72.8 Å². The number of aliphatic hydroxyl groups is 1. The number of aliphatic hydroxyl groups excluding tert-OH is 1. The monoisotopic (exact) mass is 498 g/mol. The van der Waals surface area contributed by atoms with Crippen LogP contribution in [0, 0.1) is 45.3 Å². The molecule has 36 heavy (non-hydrogen) atoms. The average molecular weight is 499 g/mol. The second-order valence-electron chi connectivity index (χ2n) is 13.5. The van der Waals surface area contributed by atoms with Gasteiger partial charge in [0.1, 0.15) is 6.10 Å². The fraction of sp³-hybridized carbons (Fsp3) is 0.806. The van der Waals surface area contributed by atoms with Crippen LogP contribution in [-0.4, -0.2) is 36.9 Å². The van der Waals surface area contributed by atoms with E-state index in [2.05, 4.69) is 33.4 Å². The maximum Gasteiger partial charge on any atom is 0.334 e. The van der Waals surface area contributed by atoms with Gasteiger partial charge >= 0.3 is 11.9 Å². The van der Waals surface area contributed by atoms with E-state index < -0.39 is 0 Å². The van der Waals surface area contributed by atoms with Crippen LogP contribution in [0.5, 0.6) is 0 Å². The number of rotatable bonds is 8. The molecule has 4 saturated carbocycles. The molecule has 5 rings (SSSR count). The van der Waals surface area contributed by atoms with Crippen LogP contribution in [0.2, 0.25) is 0 Å². The standard InChI is InChI=1S/C31H46O5/c1-19(17-32)8-7-9-20(2)22-10-12-29(5)24-16-23-26(21(3)27(34)36-23)31(13-11-25(33)35-6)18-30(24,31)15-14-28(22,29)4/h8,20,22-24,26,32H,3,7,9-18H2,1-2,4-6H3/b19-8+/t20-,22-,23-,24+,26-,28-,29+,30+,31-/m0/s1. The summed E-state index contributed by atoms with van der Waals surface area (Å²) in [6.07, 6.45) is 12.4. The molecule has 5 heteroatoms. The fourth-order valence-corrected chi connectivity index (χ4v) is 10.5. The third-order valence-corrected chi connectivity index (χ3v) is 12.5. The molecule has 0 aromatic carbocycles.